The van der Waals surface area contributed by atoms with Crippen molar-refractivity contribution >= 4 is 17.3 Å². The van der Waals surface area contributed by atoms with Crippen LogP contribution in [0.4, 0.5) is 11.4 Å². The Morgan fingerprint density at radius 3 is 2.75 bits per heavy atom. The van der Waals surface area contributed by atoms with E-state index in [1.165, 1.54) is 0 Å². The molecule has 0 atom stereocenters. The van der Waals surface area contributed by atoms with Crippen molar-refractivity contribution in [1.29, 1.82) is 0 Å². The van der Waals surface area contributed by atoms with Crippen molar-refractivity contribution in [3.63, 3.8) is 0 Å². The van der Waals surface area contributed by atoms with E-state index < -0.39 is 0 Å². The third-order valence-electron chi connectivity index (χ3n) is 3.87. The molecule has 0 aromatic heterocycles. The zero-order chi connectivity index (χ0) is 16.8. The largest absolute Gasteiger partial charge is 0.484 e. The van der Waals surface area contributed by atoms with Gasteiger partial charge in [0.05, 0.1) is 13.2 Å². The average Bonchev–Trinajstić information content (AvgIpc) is 2.61. The lowest BCUT2D eigenvalue weighted by Crippen LogP contribution is -2.36. The number of carbonyl (C=O) groups is 1. The zero-order valence-electron chi connectivity index (χ0n) is 13.8. The Balaban J connectivity index is 1.56. The quantitative estimate of drug-likeness (QED) is 0.918. The first-order valence-electron chi connectivity index (χ1n) is 8.13. The molecular weight excluding hydrogens is 304 g/mol. The fraction of sp³-hybridized carbons (Fsp3) is 0.316. The van der Waals surface area contributed by atoms with Gasteiger partial charge in [0.1, 0.15) is 5.75 Å². The standard InChI is InChI=1S/C19H22N2O3/c1-15-4-2-7-18(12-15)24-14-19(22)20-16-5-3-6-17(13-16)21-8-10-23-11-9-21/h2-7,12-13H,8-11,14H2,1H3,(H,20,22). The Morgan fingerprint density at radius 1 is 1.17 bits per heavy atom. The van der Waals surface area contributed by atoms with E-state index >= 15 is 0 Å². The summed E-state index contributed by atoms with van der Waals surface area (Å²) in [7, 11) is 0. The first-order chi connectivity index (χ1) is 11.7. The number of anilines is 2. The van der Waals surface area contributed by atoms with Crippen molar-refractivity contribution in [2.75, 3.05) is 43.1 Å². The Bertz CT molecular complexity index is 697. The Morgan fingerprint density at radius 2 is 1.96 bits per heavy atom. The highest BCUT2D eigenvalue weighted by Crippen LogP contribution is 2.20. The van der Waals surface area contributed by atoms with E-state index in [1.54, 1.807) is 0 Å². The second-order valence-electron chi connectivity index (χ2n) is 5.80. The van der Waals surface area contributed by atoms with Gasteiger partial charge >= 0.3 is 0 Å². The summed E-state index contributed by atoms with van der Waals surface area (Å²) in [5.41, 5.74) is 2.97. The second kappa shape index (κ2) is 7.84. The number of rotatable bonds is 5. The van der Waals surface area contributed by atoms with Crippen LogP contribution in [-0.2, 0) is 9.53 Å². The lowest BCUT2D eigenvalue weighted by molar-refractivity contribution is -0.118. The number of nitrogens with one attached hydrogen (secondary N) is 1. The number of morpholine rings is 1. The van der Waals surface area contributed by atoms with Gasteiger partial charge in [0.2, 0.25) is 0 Å². The number of hydrogen-bond acceptors (Lipinski definition) is 4. The van der Waals surface area contributed by atoms with Crippen LogP contribution in [-0.4, -0.2) is 38.8 Å². The van der Waals surface area contributed by atoms with E-state index in [4.69, 9.17) is 9.47 Å². The molecule has 2 aromatic rings. The molecule has 2 aromatic carbocycles. The summed E-state index contributed by atoms with van der Waals surface area (Å²) in [4.78, 5) is 14.3. The molecule has 1 fully saturated rings. The van der Waals surface area contributed by atoms with Gasteiger partial charge < -0.3 is 19.7 Å². The summed E-state index contributed by atoms with van der Waals surface area (Å²) in [5.74, 6) is 0.530. The Hall–Kier alpha value is -2.53. The third-order valence-corrected chi connectivity index (χ3v) is 3.87. The van der Waals surface area contributed by atoms with Crippen LogP contribution in [0.5, 0.6) is 5.75 Å². The number of benzene rings is 2. The molecule has 0 radical (unpaired) electrons. The minimum Gasteiger partial charge on any atom is -0.484 e. The molecule has 1 aliphatic heterocycles. The van der Waals surface area contributed by atoms with Gasteiger partial charge in [0.15, 0.2) is 6.61 Å². The van der Waals surface area contributed by atoms with E-state index in [1.807, 2.05) is 55.5 Å². The summed E-state index contributed by atoms with van der Waals surface area (Å²) in [6.07, 6.45) is 0. The number of hydrogen-bond donors (Lipinski definition) is 1. The van der Waals surface area contributed by atoms with Crippen molar-refractivity contribution in [3.8, 4) is 5.75 Å². The highest BCUT2D eigenvalue weighted by Gasteiger charge is 2.12. The van der Waals surface area contributed by atoms with Crippen LogP contribution < -0.4 is 15.0 Å². The molecule has 5 heteroatoms. The molecule has 24 heavy (non-hydrogen) atoms. The molecule has 0 spiro atoms. The van der Waals surface area contributed by atoms with Crippen LogP contribution in [0, 0.1) is 6.92 Å². The maximum atomic E-state index is 12.1. The van der Waals surface area contributed by atoms with Crippen LogP contribution in [0.3, 0.4) is 0 Å². The van der Waals surface area contributed by atoms with E-state index in [9.17, 15) is 4.79 Å². The zero-order valence-corrected chi connectivity index (χ0v) is 13.8. The number of amides is 1. The van der Waals surface area contributed by atoms with Gasteiger partial charge in [-0.25, -0.2) is 0 Å². The SMILES string of the molecule is Cc1cccc(OCC(=O)Nc2cccc(N3CCOCC3)c2)c1. The van der Waals surface area contributed by atoms with E-state index in [-0.39, 0.29) is 12.5 Å². The summed E-state index contributed by atoms with van der Waals surface area (Å²) >= 11 is 0. The molecule has 1 amide bonds. The predicted octanol–water partition coefficient (Wildman–Crippen LogP) is 2.85. The summed E-state index contributed by atoms with van der Waals surface area (Å²) < 4.78 is 10.9. The molecule has 3 rings (SSSR count). The second-order valence-corrected chi connectivity index (χ2v) is 5.80. The molecule has 126 valence electrons. The highest BCUT2D eigenvalue weighted by atomic mass is 16.5. The molecule has 1 N–H and O–H groups in total. The average molecular weight is 326 g/mol. The van der Waals surface area contributed by atoms with Crippen LogP contribution in [0.2, 0.25) is 0 Å². The van der Waals surface area contributed by atoms with Crippen LogP contribution in [0.25, 0.3) is 0 Å². The number of aryl methyl sites for hydroxylation is 1. The normalized spacial score (nSPS) is 14.3. The van der Waals surface area contributed by atoms with Gasteiger partial charge in [0.25, 0.3) is 5.91 Å². The van der Waals surface area contributed by atoms with Crippen molar-refractivity contribution in [2.24, 2.45) is 0 Å². The molecule has 0 aliphatic carbocycles. The first-order valence-corrected chi connectivity index (χ1v) is 8.13. The van der Waals surface area contributed by atoms with Crippen molar-refractivity contribution in [3.05, 3.63) is 54.1 Å². The Kier molecular flexibility index (Phi) is 5.33. The van der Waals surface area contributed by atoms with Crippen LogP contribution in [0.15, 0.2) is 48.5 Å². The lowest BCUT2D eigenvalue weighted by atomic mass is 10.2. The van der Waals surface area contributed by atoms with Gasteiger partial charge in [-0.05, 0) is 42.8 Å². The molecule has 0 saturated carbocycles. The van der Waals surface area contributed by atoms with Gasteiger partial charge in [0, 0.05) is 24.5 Å². The molecule has 0 bridgehead atoms. The van der Waals surface area contributed by atoms with Crippen molar-refractivity contribution < 1.29 is 14.3 Å². The predicted molar refractivity (Wildman–Crippen MR) is 94.8 cm³/mol. The van der Waals surface area contributed by atoms with Gasteiger partial charge in [-0.15, -0.1) is 0 Å². The smallest absolute Gasteiger partial charge is 0.262 e. The fourth-order valence-electron chi connectivity index (χ4n) is 2.65. The highest BCUT2D eigenvalue weighted by molar-refractivity contribution is 5.92. The van der Waals surface area contributed by atoms with E-state index in [2.05, 4.69) is 10.2 Å². The van der Waals surface area contributed by atoms with Crippen molar-refractivity contribution in [1.82, 2.24) is 0 Å². The monoisotopic (exact) mass is 326 g/mol. The number of ether oxygens (including phenoxy) is 2. The summed E-state index contributed by atoms with van der Waals surface area (Å²) in [5, 5.41) is 2.88. The fourth-order valence-corrected chi connectivity index (χ4v) is 2.65. The Labute approximate surface area is 142 Å². The van der Waals surface area contributed by atoms with Gasteiger partial charge in [-0.1, -0.05) is 18.2 Å². The van der Waals surface area contributed by atoms with Crippen molar-refractivity contribution in [2.45, 2.75) is 6.92 Å². The molecule has 5 nitrogen and oxygen atoms in total. The minimum absolute atomic E-state index is 0.00870. The van der Waals surface area contributed by atoms with Crippen LogP contribution >= 0.6 is 0 Å². The summed E-state index contributed by atoms with van der Waals surface area (Å²) in [6.45, 7) is 5.19. The van der Waals surface area contributed by atoms with E-state index in [0.717, 1.165) is 43.2 Å². The lowest BCUT2D eigenvalue weighted by Gasteiger charge is -2.29. The van der Waals surface area contributed by atoms with Gasteiger partial charge in [-0.2, -0.15) is 0 Å². The number of nitrogens with zero attached hydrogens (tertiary/aromatic N) is 1. The molecular formula is C19H22N2O3. The molecule has 1 saturated heterocycles. The maximum Gasteiger partial charge on any atom is 0.262 e. The van der Waals surface area contributed by atoms with E-state index in [0.29, 0.717) is 5.75 Å². The number of carbonyl (C=O) groups excluding carboxylic acids is 1. The topological polar surface area (TPSA) is 50.8 Å². The van der Waals surface area contributed by atoms with Crippen LogP contribution in [0.1, 0.15) is 5.56 Å². The third kappa shape index (κ3) is 4.49. The maximum absolute atomic E-state index is 12.1. The first kappa shape index (κ1) is 16.3. The van der Waals surface area contributed by atoms with Gasteiger partial charge in [-0.3, -0.25) is 4.79 Å². The molecule has 1 heterocycles. The molecule has 0 unspecified atom stereocenters. The molecule has 1 aliphatic rings. The summed E-state index contributed by atoms with van der Waals surface area (Å²) in [6, 6.07) is 15.5. The minimum atomic E-state index is -0.171.